The maximum atomic E-state index is 12.6. The van der Waals surface area contributed by atoms with Gasteiger partial charge >= 0.3 is 0 Å². The van der Waals surface area contributed by atoms with E-state index in [0.29, 0.717) is 18.5 Å². The van der Waals surface area contributed by atoms with Crippen LogP contribution in [0.5, 0.6) is 0 Å². The van der Waals surface area contributed by atoms with Gasteiger partial charge in [0.25, 0.3) is 5.91 Å². The number of hydrogen-bond acceptors (Lipinski definition) is 3. The van der Waals surface area contributed by atoms with Gasteiger partial charge in [0, 0.05) is 24.6 Å². The normalized spacial score (nSPS) is 16.7. The summed E-state index contributed by atoms with van der Waals surface area (Å²) in [5.74, 6) is -0.00478. The number of nitrogens with zero attached hydrogens (tertiary/aromatic N) is 1. The molecule has 0 aromatic heterocycles. The van der Waals surface area contributed by atoms with E-state index in [1.807, 2.05) is 31.3 Å². The summed E-state index contributed by atoms with van der Waals surface area (Å²) in [6, 6.07) is 7.63. The van der Waals surface area contributed by atoms with Crippen molar-refractivity contribution in [1.82, 2.24) is 4.90 Å². The lowest BCUT2D eigenvalue weighted by atomic mass is 9.69. The van der Waals surface area contributed by atoms with E-state index in [-0.39, 0.29) is 17.9 Å². The van der Waals surface area contributed by atoms with Crippen LogP contribution >= 0.6 is 0 Å². The molecule has 1 saturated carbocycles. The molecule has 1 fully saturated rings. The smallest absolute Gasteiger partial charge is 0.253 e. The molecule has 2 N–H and O–H groups in total. The van der Waals surface area contributed by atoms with Crippen molar-refractivity contribution < 1.29 is 15.0 Å². The van der Waals surface area contributed by atoms with E-state index in [0.717, 1.165) is 31.2 Å². The largest absolute Gasteiger partial charge is 0.396 e. The molecule has 0 atom stereocenters. The Kier molecular flexibility index (Phi) is 5.48. The molecule has 1 aliphatic rings. The van der Waals surface area contributed by atoms with Crippen molar-refractivity contribution in [1.29, 1.82) is 0 Å². The highest BCUT2D eigenvalue weighted by Crippen LogP contribution is 2.41. The summed E-state index contributed by atoms with van der Waals surface area (Å²) in [5, 5.41) is 19.4. The van der Waals surface area contributed by atoms with E-state index < -0.39 is 5.60 Å². The number of amides is 1. The Bertz CT molecular complexity index is 538. The first-order chi connectivity index (χ1) is 10.7. The van der Waals surface area contributed by atoms with Gasteiger partial charge in [-0.15, -0.1) is 0 Å². The fourth-order valence-corrected chi connectivity index (χ4v) is 3.15. The zero-order valence-corrected chi connectivity index (χ0v) is 14.5. The zero-order valence-electron chi connectivity index (χ0n) is 14.5. The Labute approximate surface area is 139 Å². The molecule has 128 valence electrons. The van der Waals surface area contributed by atoms with Crippen LogP contribution in [-0.2, 0) is 6.42 Å². The highest BCUT2D eigenvalue weighted by molar-refractivity contribution is 5.94. The van der Waals surface area contributed by atoms with Gasteiger partial charge in [0.15, 0.2) is 0 Å². The highest BCUT2D eigenvalue weighted by atomic mass is 16.3. The first kappa shape index (κ1) is 18.0. The van der Waals surface area contributed by atoms with Gasteiger partial charge in [-0.25, -0.2) is 0 Å². The van der Waals surface area contributed by atoms with Crippen molar-refractivity contribution in [2.24, 2.45) is 5.41 Å². The van der Waals surface area contributed by atoms with Crippen LogP contribution in [-0.4, -0.2) is 46.8 Å². The Morgan fingerprint density at radius 3 is 2.57 bits per heavy atom. The summed E-state index contributed by atoms with van der Waals surface area (Å²) in [6.45, 7) is 4.35. The van der Waals surface area contributed by atoms with Crippen LogP contribution in [0.2, 0.25) is 0 Å². The quantitative estimate of drug-likeness (QED) is 0.812. The number of aliphatic hydroxyl groups is 2. The molecular formula is C19H29NO3. The fourth-order valence-electron chi connectivity index (χ4n) is 3.15. The highest BCUT2D eigenvalue weighted by Gasteiger charge is 2.38. The monoisotopic (exact) mass is 319 g/mol. The first-order valence-corrected chi connectivity index (χ1v) is 8.42. The number of carbonyl (C=O) groups is 1. The van der Waals surface area contributed by atoms with Gasteiger partial charge in [-0.1, -0.05) is 18.6 Å². The van der Waals surface area contributed by atoms with Gasteiger partial charge in [-0.2, -0.15) is 0 Å². The third kappa shape index (κ3) is 4.79. The Balaban J connectivity index is 2.01. The average Bonchev–Trinajstić information content (AvgIpc) is 2.47. The van der Waals surface area contributed by atoms with Crippen LogP contribution in [0.4, 0.5) is 0 Å². The third-order valence-electron chi connectivity index (χ3n) is 4.87. The van der Waals surface area contributed by atoms with Crippen LogP contribution in [0.15, 0.2) is 24.3 Å². The molecule has 1 aromatic carbocycles. The summed E-state index contributed by atoms with van der Waals surface area (Å²) < 4.78 is 0. The second-order valence-electron chi connectivity index (χ2n) is 7.69. The van der Waals surface area contributed by atoms with Gasteiger partial charge < -0.3 is 15.1 Å². The molecule has 0 aliphatic heterocycles. The molecule has 0 heterocycles. The molecule has 1 aliphatic carbocycles. The Morgan fingerprint density at radius 2 is 2.04 bits per heavy atom. The lowest BCUT2D eigenvalue weighted by Gasteiger charge is -2.42. The van der Waals surface area contributed by atoms with Crippen molar-refractivity contribution in [3.8, 4) is 0 Å². The van der Waals surface area contributed by atoms with E-state index in [1.165, 1.54) is 0 Å². The molecule has 0 spiro atoms. The summed E-state index contributed by atoms with van der Waals surface area (Å²) in [6.07, 6.45) is 4.53. The number of rotatable bonds is 7. The molecular weight excluding hydrogens is 290 g/mol. The van der Waals surface area contributed by atoms with Crippen LogP contribution in [0.1, 0.15) is 55.5 Å². The van der Waals surface area contributed by atoms with E-state index in [4.69, 9.17) is 0 Å². The number of hydrogen-bond donors (Lipinski definition) is 2. The van der Waals surface area contributed by atoms with E-state index in [1.54, 1.807) is 18.7 Å². The summed E-state index contributed by atoms with van der Waals surface area (Å²) in [7, 11) is 1.81. The lowest BCUT2D eigenvalue weighted by Crippen LogP contribution is -2.45. The van der Waals surface area contributed by atoms with Crippen LogP contribution in [0, 0.1) is 5.41 Å². The second kappa shape index (κ2) is 7.02. The second-order valence-corrected chi connectivity index (χ2v) is 7.69. The Hall–Kier alpha value is -1.39. The van der Waals surface area contributed by atoms with Crippen LogP contribution < -0.4 is 0 Å². The maximum absolute atomic E-state index is 12.6. The Morgan fingerprint density at radius 1 is 1.35 bits per heavy atom. The molecule has 1 amide bonds. The summed E-state index contributed by atoms with van der Waals surface area (Å²) >= 11 is 0. The van der Waals surface area contributed by atoms with Gasteiger partial charge in [0.05, 0.1) is 12.2 Å². The molecule has 0 saturated heterocycles. The topological polar surface area (TPSA) is 60.8 Å². The van der Waals surface area contributed by atoms with Gasteiger partial charge in [0.1, 0.15) is 0 Å². The standard InChI is InChI=1S/C19H29NO3/c1-18(2,23)11-8-15-6-4-7-16(12-15)17(22)20(3)13-19(14-21)9-5-10-19/h4,6-7,12,21,23H,5,8-11,13-14H2,1-3H3. The van der Waals surface area contributed by atoms with Crippen LogP contribution in [0.3, 0.4) is 0 Å². The van der Waals surface area contributed by atoms with Crippen molar-refractivity contribution >= 4 is 5.91 Å². The SMILES string of the molecule is CN(CC1(CO)CCC1)C(=O)c1cccc(CCC(C)(C)O)c1. The van der Waals surface area contributed by atoms with E-state index in [2.05, 4.69) is 0 Å². The third-order valence-corrected chi connectivity index (χ3v) is 4.87. The van der Waals surface area contributed by atoms with Crippen molar-refractivity contribution in [3.05, 3.63) is 35.4 Å². The van der Waals surface area contributed by atoms with Gasteiger partial charge in [-0.3, -0.25) is 4.79 Å². The van der Waals surface area contributed by atoms with Gasteiger partial charge in [-0.05, 0) is 57.2 Å². The van der Waals surface area contributed by atoms with Crippen molar-refractivity contribution in [2.45, 2.75) is 51.6 Å². The van der Waals surface area contributed by atoms with Crippen molar-refractivity contribution in [2.75, 3.05) is 20.2 Å². The van der Waals surface area contributed by atoms with E-state index in [9.17, 15) is 15.0 Å². The molecule has 4 heteroatoms. The first-order valence-electron chi connectivity index (χ1n) is 8.42. The number of benzene rings is 1. The molecule has 0 radical (unpaired) electrons. The number of aryl methyl sites for hydroxylation is 1. The molecule has 4 nitrogen and oxygen atoms in total. The predicted molar refractivity (Wildman–Crippen MR) is 91.4 cm³/mol. The summed E-state index contributed by atoms with van der Waals surface area (Å²) in [5.41, 5.74) is 0.942. The molecule has 0 unspecified atom stereocenters. The number of aliphatic hydroxyl groups excluding tert-OH is 1. The van der Waals surface area contributed by atoms with E-state index >= 15 is 0 Å². The number of carbonyl (C=O) groups excluding carboxylic acids is 1. The van der Waals surface area contributed by atoms with Crippen molar-refractivity contribution in [3.63, 3.8) is 0 Å². The fraction of sp³-hybridized carbons (Fsp3) is 0.632. The zero-order chi connectivity index (χ0) is 17.1. The molecule has 0 bridgehead atoms. The van der Waals surface area contributed by atoms with Gasteiger partial charge in [0.2, 0.25) is 0 Å². The molecule has 2 rings (SSSR count). The summed E-state index contributed by atoms with van der Waals surface area (Å²) in [4.78, 5) is 14.4. The molecule has 1 aromatic rings. The maximum Gasteiger partial charge on any atom is 0.253 e. The average molecular weight is 319 g/mol. The minimum Gasteiger partial charge on any atom is -0.396 e. The minimum atomic E-state index is -0.700. The van der Waals surface area contributed by atoms with Crippen LogP contribution in [0.25, 0.3) is 0 Å². The predicted octanol–water partition coefficient (Wildman–Crippen LogP) is 2.62. The minimum absolute atomic E-state index is 0.00478. The lowest BCUT2D eigenvalue weighted by molar-refractivity contribution is 0.0146. The molecule has 23 heavy (non-hydrogen) atoms.